The van der Waals surface area contributed by atoms with E-state index < -0.39 is 0 Å². The molecular weight excluding hydrogens is 420 g/mol. The molecule has 1 aliphatic carbocycles. The van der Waals surface area contributed by atoms with Crippen LogP contribution in [-0.2, 0) is 0 Å². The van der Waals surface area contributed by atoms with E-state index in [1.54, 1.807) is 0 Å². The molecule has 2 aromatic carbocycles. The topological polar surface area (TPSA) is 81.1 Å². The molecular formula is C28H28N6. The first-order valence-corrected chi connectivity index (χ1v) is 12.0. The monoisotopic (exact) mass is 448 g/mol. The minimum absolute atomic E-state index is 0.474. The van der Waals surface area contributed by atoms with Gasteiger partial charge in [0.15, 0.2) is 5.82 Å². The summed E-state index contributed by atoms with van der Waals surface area (Å²) in [6, 6.07) is 20.7. The van der Waals surface area contributed by atoms with E-state index in [2.05, 4.69) is 57.2 Å². The molecule has 0 radical (unpaired) electrons. The number of nitrogens with zero attached hydrogens (tertiary/aromatic N) is 4. The highest BCUT2D eigenvalue weighted by atomic mass is 15.1. The Morgan fingerprint density at radius 3 is 2.59 bits per heavy atom. The van der Waals surface area contributed by atoms with Gasteiger partial charge < -0.3 is 11.1 Å². The van der Waals surface area contributed by atoms with E-state index in [1.807, 2.05) is 36.8 Å². The lowest BCUT2D eigenvalue weighted by molar-refractivity contribution is 0.325. The molecule has 3 N–H and O–H groups in total. The lowest BCUT2D eigenvalue weighted by atomic mass is 9.81. The average Bonchev–Trinajstić information content (AvgIpc) is 3.34. The third-order valence-corrected chi connectivity index (χ3v) is 7.06. The minimum atomic E-state index is 0.474. The fraction of sp³-hybridized carbons (Fsp3) is 0.250. The van der Waals surface area contributed by atoms with Gasteiger partial charge in [0, 0.05) is 34.9 Å². The van der Waals surface area contributed by atoms with Crippen molar-refractivity contribution < 1.29 is 0 Å². The Morgan fingerprint density at radius 1 is 0.941 bits per heavy atom. The normalized spacial score (nSPS) is 18.4. The van der Waals surface area contributed by atoms with Crippen LogP contribution in [0, 0.1) is 5.92 Å². The second-order valence-electron chi connectivity index (χ2n) is 9.20. The summed E-state index contributed by atoms with van der Waals surface area (Å²) >= 11 is 0. The van der Waals surface area contributed by atoms with Crippen LogP contribution in [0.15, 0.2) is 79.3 Å². The van der Waals surface area contributed by atoms with Gasteiger partial charge in [0.2, 0.25) is 0 Å². The van der Waals surface area contributed by atoms with Crippen molar-refractivity contribution in [3.05, 3.63) is 85.1 Å². The van der Waals surface area contributed by atoms with Gasteiger partial charge in [-0.05, 0) is 56.3 Å². The van der Waals surface area contributed by atoms with E-state index in [0.717, 1.165) is 64.4 Å². The summed E-state index contributed by atoms with van der Waals surface area (Å²) in [5.74, 6) is 3.06. The first-order chi connectivity index (χ1) is 16.8. The first kappa shape index (κ1) is 20.8. The van der Waals surface area contributed by atoms with Crippen LogP contribution in [0.4, 0.5) is 11.5 Å². The fourth-order valence-corrected chi connectivity index (χ4v) is 5.10. The zero-order valence-electron chi connectivity index (χ0n) is 19.1. The van der Waals surface area contributed by atoms with E-state index in [-0.39, 0.29) is 0 Å². The largest absolute Gasteiger partial charge is 0.338 e. The van der Waals surface area contributed by atoms with Gasteiger partial charge in [-0.25, -0.2) is 15.0 Å². The molecule has 3 aromatic heterocycles. The summed E-state index contributed by atoms with van der Waals surface area (Å²) in [6.45, 7) is 0.792. The molecule has 0 bridgehead atoms. The molecule has 1 aliphatic rings. The summed E-state index contributed by atoms with van der Waals surface area (Å²) in [4.78, 5) is 14.3. The minimum Gasteiger partial charge on any atom is -0.338 e. The van der Waals surface area contributed by atoms with Gasteiger partial charge in [-0.1, -0.05) is 42.5 Å². The van der Waals surface area contributed by atoms with Crippen molar-refractivity contribution >= 4 is 27.9 Å². The predicted octanol–water partition coefficient (Wildman–Crippen LogP) is 5.92. The zero-order chi connectivity index (χ0) is 22.9. The number of anilines is 2. The third-order valence-electron chi connectivity index (χ3n) is 7.06. The smallest absolute Gasteiger partial charge is 0.156 e. The van der Waals surface area contributed by atoms with E-state index in [4.69, 9.17) is 15.7 Å². The van der Waals surface area contributed by atoms with Gasteiger partial charge in [-0.2, -0.15) is 0 Å². The Bertz CT molecular complexity index is 1430. The lowest BCUT2D eigenvalue weighted by Gasteiger charge is -2.26. The third kappa shape index (κ3) is 3.90. The van der Waals surface area contributed by atoms with Crippen LogP contribution in [-0.4, -0.2) is 25.9 Å². The van der Waals surface area contributed by atoms with E-state index >= 15 is 0 Å². The standard InChI is InChI=1S/C28H28N6/c29-17-19-6-8-22(9-7-19)28-31-18-26-27(30-14-15-34(26)28)32-23-12-10-21-11-13-24(33-25(21)16-23)20-4-2-1-3-5-20/h1-5,10-16,18-19,22H,6-9,17,29H2,(H,30,32). The maximum absolute atomic E-state index is 5.88. The highest BCUT2D eigenvalue weighted by Gasteiger charge is 2.25. The van der Waals surface area contributed by atoms with Gasteiger partial charge >= 0.3 is 0 Å². The molecule has 170 valence electrons. The highest BCUT2D eigenvalue weighted by molar-refractivity contribution is 5.86. The predicted molar refractivity (Wildman–Crippen MR) is 137 cm³/mol. The van der Waals surface area contributed by atoms with Gasteiger partial charge in [-0.15, -0.1) is 0 Å². The van der Waals surface area contributed by atoms with Crippen molar-refractivity contribution in [3.63, 3.8) is 0 Å². The molecule has 1 fully saturated rings. The van der Waals surface area contributed by atoms with Crippen LogP contribution in [0.3, 0.4) is 0 Å². The van der Waals surface area contributed by atoms with Crippen molar-refractivity contribution in [2.24, 2.45) is 11.7 Å². The zero-order valence-corrected chi connectivity index (χ0v) is 19.1. The molecule has 0 spiro atoms. The number of nitrogens with two attached hydrogens (primary N) is 1. The van der Waals surface area contributed by atoms with Crippen molar-refractivity contribution in [2.45, 2.75) is 31.6 Å². The van der Waals surface area contributed by atoms with Crippen molar-refractivity contribution in [2.75, 3.05) is 11.9 Å². The van der Waals surface area contributed by atoms with Gasteiger partial charge in [0.05, 0.1) is 17.4 Å². The van der Waals surface area contributed by atoms with Gasteiger partial charge in [-0.3, -0.25) is 4.40 Å². The molecule has 3 heterocycles. The lowest BCUT2D eigenvalue weighted by Crippen LogP contribution is -2.21. The number of benzene rings is 2. The molecule has 0 amide bonds. The molecule has 0 unspecified atom stereocenters. The molecule has 6 heteroatoms. The summed E-state index contributed by atoms with van der Waals surface area (Å²) in [5, 5.41) is 4.61. The second kappa shape index (κ2) is 8.88. The van der Waals surface area contributed by atoms with E-state index in [9.17, 15) is 0 Å². The Labute approximate surface area is 198 Å². The molecule has 0 aliphatic heterocycles. The number of hydrogen-bond donors (Lipinski definition) is 2. The van der Waals surface area contributed by atoms with Crippen LogP contribution in [0.2, 0.25) is 0 Å². The van der Waals surface area contributed by atoms with Crippen LogP contribution < -0.4 is 11.1 Å². The number of hydrogen-bond acceptors (Lipinski definition) is 5. The van der Waals surface area contributed by atoms with Crippen LogP contribution in [0.25, 0.3) is 27.7 Å². The SMILES string of the molecule is NCC1CCC(c2ncc3c(Nc4ccc5ccc(-c6ccccc6)nc5c4)nccn23)CC1. The maximum atomic E-state index is 5.88. The van der Waals surface area contributed by atoms with Gasteiger partial charge in [0.25, 0.3) is 0 Å². The summed E-state index contributed by atoms with van der Waals surface area (Å²) in [5.41, 5.74) is 10.9. The number of rotatable bonds is 5. The number of pyridine rings is 1. The molecule has 0 saturated heterocycles. The van der Waals surface area contributed by atoms with Crippen LogP contribution in [0.5, 0.6) is 0 Å². The molecule has 6 rings (SSSR count). The fourth-order valence-electron chi connectivity index (χ4n) is 5.10. The number of nitrogens with one attached hydrogen (secondary N) is 1. The molecule has 0 atom stereocenters. The summed E-state index contributed by atoms with van der Waals surface area (Å²) in [7, 11) is 0. The second-order valence-corrected chi connectivity index (χ2v) is 9.20. The molecule has 5 aromatic rings. The summed E-state index contributed by atoms with van der Waals surface area (Å²) < 4.78 is 2.19. The summed E-state index contributed by atoms with van der Waals surface area (Å²) in [6.07, 6.45) is 10.5. The van der Waals surface area contributed by atoms with Crippen LogP contribution >= 0.6 is 0 Å². The molecule has 34 heavy (non-hydrogen) atoms. The van der Waals surface area contributed by atoms with Crippen molar-refractivity contribution in [1.82, 2.24) is 19.4 Å². The Hall–Kier alpha value is -3.77. The Kier molecular flexibility index (Phi) is 5.43. The molecule has 6 nitrogen and oxygen atoms in total. The van der Waals surface area contributed by atoms with E-state index in [0.29, 0.717) is 11.8 Å². The maximum Gasteiger partial charge on any atom is 0.156 e. The Morgan fingerprint density at radius 2 is 1.76 bits per heavy atom. The molecule has 1 saturated carbocycles. The quantitative estimate of drug-likeness (QED) is 0.349. The number of aromatic nitrogens is 4. The van der Waals surface area contributed by atoms with Crippen LogP contribution in [0.1, 0.15) is 37.4 Å². The van der Waals surface area contributed by atoms with Crippen molar-refractivity contribution in [1.29, 1.82) is 0 Å². The first-order valence-electron chi connectivity index (χ1n) is 12.0. The van der Waals surface area contributed by atoms with Crippen molar-refractivity contribution in [3.8, 4) is 11.3 Å². The van der Waals surface area contributed by atoms with Gasteiger partial charge in [0.1, 0.15) is 11.3 Å². The van der Waals surface area contributed by atoms with E-state index in [1.165, 1.54) is 12.8 Å². The Balaban J connectivity index is 1.30. The average molecular weight is 449 g/mol. The highest BCUT2D eigenvalue weighted by Crippen LogP contribution is 2.36. The number of fused-ring (bicyclic) bond motifs is 2. The number of imidazole rings is 1.